The molecule has 0 aliphatic carbocycles. The van der Waals surface area contributed by atoms with E-state index < -0.39 is 0 Å². The molecule has 1 heterocycles. The summed E-state index contributed by atoms with van der Waals surface area (Å²) in [7, 11) is 0. The summed E-state index contributed by atoms with van der Waals surface area (Å²) in [5, 5.41) is 3.65. The van der Waals surface area contributed by atoms with Crippen molar-refractivity contribution in [3.8, 4) is 0 Å². The summed E-state index contributed by atoms with van der Waals surface area (Å²) < 4.78 is 0. The van der Waals surface area contributed by atoms with Crippen LogP contribution in [0.2, 0.25) is 0 Å². The average Bonchev–Trinajstić information content (AvgIpc) is 2.25. The van der Waals surface area contributed by atoms with Crippen LogP contribution in [0, 0.1) is 0 Å². The first-order valence-corrected chi connectivity index (χ1v) is 4.90. The Kier molecular flexibility index (Phi) is 2.62. The van der Waals surface area contributed by atoms with Crippen molar-refractivity contribution in [2.45, 2.75) is 59.0 Å². The smallest absolute Gasteiger partial charge is 0.0284 e. The molecule has 1 fully saturated rings. The second kappa shape index (κ2) is 3.21. The SMILES string of the molecule is CCC1NC(C)(C)CC1=C(C)C. The Balaban J connectivity index is 2.84. The van der Waals surface area contributed by atoms with Crippen molar-refractivity contribution in [3.63, 3.8) is 0 Å². The van der Waals surface area contributed by atoms with Crippen LogP contribution in [0.1, 0.15) is 47.5 Å². The van der Waals surface area contributed by atoms with Gasteiger partial charge in [0.15, 0.2) is 0 Å². The van der Waals surface area contributed by atoms with Crippen LogP contribution in [0.3, 0.4) is 0 Å². The third-order valence-corrected chi connectivity index (χ3v) is 2.67. The van der Waals surface area contributed by atoms with Gasteiger partial charge >= 0.3 is 0 Å². The van der Waals surface area contributed by atoms with E-state index in [1.54, 1.807) is 5.57 Å². The highest BCUT2D eigenvalue weighted by Crippen LogP contribution is 2.31. The van der Waals surface area contributed by atoms with Gasteiger partial charge < -0.3 is 5.32 Å². The van der Waals surface area contributed by atoms with E-state index in [1.165, 1.54) is 18.4 Å². The first-order valence-electron chi connectivity index (χ1n) is 4.90. The van der Waals surface area contributed by atoms with Crippen molar-refractivity contribution in [2.75, 3.05) is 0 Å². The number of allylic oxidation sites excluding steroid dienone is 1. The summed E-state index contributed by atoms with van der Waals surface area (Å²) in [6.07, 6.45) is 2.43. The maximum absolute atomic E-state index is 3.65. The molecule has 1 nitrogen and oxygen atoms in total. The molecule has 1 heteroatoms. The first-order chi connectivity index (χ1) is 5.46. The Bertz CT molecular complexity index is 197. The van der Waals surface area contributed by atoms with Crippen molar-refractivity contribution in [2.24, 2.45) is 0 Å². The summed E-state index contributed by atoms with van der Waals surface area (Å²) in [6, 6.07) is 0.630. The van der Waals surface area contributed by atoms with Crippen molar-refractivity contribution in [1.29, 1.82) is 0 Å². The first kappa shape index (κ1) is 9.79. The molecule has 70 valence electrons. The lowest BCUT2D eigenvalue weighted by molar-refractivity contribution is 0.424. The zero-order valence-electron chi connectivity index (χ0n) is 8.99. The molecule has 0 spiro atoms. The maximum Gasteiger partial charge on any atom is 0.0284 e. The van der Waals surface area contributed by atoms with E-state index in [0.717, 1.165) is 0 Å². The molecule has 1 saturated heterocycles. The Morgan fingerprint density at radius 3 is 2.42 bits per heavy atom. The zero-order valence-corrected chi connectivity index (χ0v) is 8.99. The summed E-state index contributed by atoms with van der Waals surface area (Å²) in [4.78, 5) is 0. The minimum Gasteiger partial charge on any atom is -0.305 e. The maximum atomic E-state index is 3.65. The highest BCUT2D eigenvalue weighted by atomic mass is 15.0. The lowest BCUT2D eigenvalue weighted by Crippen LogP contribution is -2.37. The van der Waals surface area contributed by atoms with Crippen LogP contribution in [-0.2, 0) is 0 Å². The van der Waals surface area contributed by atoms with E-state index in [0.29, 0.717) is 11.6 Å². The molecular formula is C11H21N. The van der Waals surface area contributed by atoms with Gasteiger partial charge in [-0.15, -0.1) is 0 Å². The molecule has 0 amide bonds. The van der Waals surface area contributed by atoms with Crippen molar-refractivity contribution >= 4 is 0 Å². The van der Waals surface area contributed by atoms with Crippen LogP contribution in [0.25, 0.3) is 0 Å². The van der Waals surface area contributed by atoms with Crippen LogP contribution in [0.4, 0.5) is 0 Å². The van der Waals surface area contributed by atoms with Gasteiger partial charge in [0.25, 0.3) is 0 Å². The molecule has 0 aromatic carbocycles. The third-order valence-electron chi connectivity index (χ3n) is 2.67. The lowest BCUT2D eigenvalue weighted by atomic mass is 9.96. The van der Waals surface area contributed by atoms with E-state index in [9.17, 15) is 0 Å². The van der Waals surface area contributed by atoms with Crippen molar-refractivity contribution in [1.82, 2.24) is 5.32 Å². The molecule has 1 unspecified atom stereocenters. The van der Waals surface area contributed by atoms with E-state index in [1.807, 2.05) is 0 Å². The predicted molar refractivity (Wildman–Crippen MR) is 54.3 cm³/mol. The molecule has 0 aromatic heterocycles. The minimum absolute atomic E-state index is 0.313. The fourth-order valence-corrected chi connectivity index (χ4v) is 2.08. The second-order valence-corrected chi connectivity index (χ2v) is 4.69. The Hall–Kier alpha value is -0.300. The summed E-state index contributed by atoms with van der Waals surface area (Å²) >= 11 is 0. The van der Waals surface area contributed by atoms with Gasteiger partial charge in [-0.1, -0.05) is 18.1 Å². The van der Waals surface area contributed by atoms with E-state index in [-0.39, 0.29) is 0 Å². The molecule has 0 saturated carbocycles. The number of rotatable bonds is 1. The fraction of sp³-hybridized carbons (Fsp3) is 0.818. The monoisotopic (exact) mass is 167 g/mol. The summed E-state index contributed by atoms with van der Waals surface area (Å²) in [5.41, 5.74) is 3.44. The topological polar surface area (TPSA) is 12.0 Å². The lowest BCUT2D eigenvalue weighted by Gasteiger charge is -2.18. The standard InChI is InChI=1S/C11H21N/c1-6-10-9(8(2)3)7-11(4,5)12-10/h10,12H,6-7H2,1-5H3. The molecule has 1 aliphatic rings. The number of hydrogen-bond acceptors (Lipinski definition) is 1. The third kappa shape index (κ3) is 1.89. The van der Waals surface area contributed by atoms with Crippen LogP contribution < -0.4 is 5.32 Å². The largest absolute Gasteiger partial charge is 0.305 e. The van der Waals surface area contributed by atoms with Crippen molar-refractivity contribution < 1.29 is 0 Å². The minimum atomic E-state index is 0.313. The number of nitrogens with one attached hydrogen (secondary N) is 1. The Labute approximate surface area is 76.2 Å². The highest BCUT2D eigenvalue weighted by Gasteiger charge is 2.33. The predicted octanol–water partition coefficient (Wildman–Crippen LogP) is 2.87. The number of hydrogen-bond donors (Lipinski definition) is 1. The van der Waals surface area contributed by atoms with Crippen LogP contribution in [0.5, 0.6) is 0 Å². The summed E-state index contributed by atoms with van der Waals surface area (Å²) in [5.74, 6) is 0. The van der Waals surface area contributed by atoms with Gasteiger partial charge in [-0.2, -0.15) is 0 Å². The molecule has 0 radical (unpaired) electrons. The average molecular weight is 167 g/mol. The van der Waals surface area contributed by atoms with Gasteiger partial charge in [0.1, 0.15) is 0 Å². The van der Waals surface area contributed by atoms with Gasteiger partial charge in [-0.25, -0.2) is 0 Å². The van der Waals surface area contributed by atoms with Gasteiger partial charge in [0.2, 0.25) is 0 Å². The molecule has 1 rings (SSSR count). The normalized spacial score (nSPS) is 27.8. The highest BCUT2D eigenvalue weighted by molar-refractivity contribution is 5.25. The van der Waals surface area contributed by atoms with E-state index in [4.69, 9.17) is 0 Å². The van der Waals surface area contributed by atoms with Crippen LogP contribution in [-0.4, -0.2) is 11.6 Å². The Morgan fingerprint density at radius 1 is 1.50 bits per heavy atom. The summed E-state index contributed by atoms with van der Waals surface area (Å²) in [6.45, 7) is 11.3. The Morgan fingerprint density at radius 2 is 2.08 bits per heavy atom. The molecule has 1 atom stereocenters. The van der Waals surface area contributed by atoms with Crippen LogP contribution >= 0.6 is 0 Å². The van der Waals surface area contributed by atoms with E-state index >= 15 is 0 Å². The van der Waals surface area contributed by atoms with Crippen molar-refractivity contribution in [3.05, 3.63) is 11.1 Å². The molecular weight excluding hydrogens is 146 g/mol. The van der Waals surface area contributed by atoms with Gasteiger partial charge in [-0.05, 0) is 40.5 Å². The van der Waals surface area contributed by atoms with E-state index in [2.05, 4.69) is 39.9 Å². The van der Waals surface area contributed by atoms with Gasteiger partial charge in [0, 0.05) is 11.6 Å². The molecule has 12 heavy (non-hydrogen) atoms. The zero-order chi connectivity index (χ0) is 9.35. The second-order valence-electron chi connectivity index (χ2n) is 4.69. The quantitative estimate of drug-likeness (QED) is 0.592. The molecule has 1 N–H and O–H groups in total. The van der Waals surface area contributed by atoms with Crippen LogP contribution in [0.15, 0.2) is 11.1 Å². The molecule has 0 bridgehead atoms. The fourth-order valence-electron chi connectivity index (χ4n) is 2.08. The van der Waals surface area contributed by atoms with Gasteiger partial charge in [0.05, 0.1) is 0 Å². The molecule has 0 aromatic rings. The van der Waals surface area contributed by atoms with Gasteiger partial charge in [-0.3, -0.25) is 0 Å². The molecule has 1 aliphatic heterocycles.